The van der Waals surface area contributed by atoms with E-state index in [1.54, 1.807) is 13.2 Å². The van der Waals surface area contributed by atoms with Gasteiger partial charge in [-0.05, 0) is 32.0 Å². The van der Waals surface area contributed by atoms with Crippen molar-refractivity contribution in [3.8, 4) is 23.3 Å². The van der Waals surface area contributed by atoms with Gasteiger partial charge in [0.25, 0.3) is 6.01 Å². The minimum Gasteiger partial charge on any atom is -0.504 e. The Morgan fingerprint density at radius 2 is 2.00 bits per heavy atom. The summed E-state index contributed by atoms with van der Waals surface area (Å²) in [6.07, 6.45) is 0. The number of hydrogen-bond donors (Lipinski definition) is 2. The lowest BCUT2D eigenvalue weighted by molar-refractivity contribution is 0.350. The van der Waals surface area contributed by atoms with E-state index in [2.05, 4.69) is 4.98 Å². The molecule has 6 nitrogen and oxygen atoms in total. The van der Waals surface area contributed by atoms with Crippen LogP contribution < -0.4 is 15.2 Å². The summed E-state index contributed by atoms with van der Waals surface area (Å²) in [6.45, 7) is 4.08. The molecule has 0 bridgehead atoms. The molecule has 3 N–H and O–H groups in total. The molecule has 24 heavy (non-hydrogen) atoms. The summed E-state index contributed by atoms with van der Waals surface area (Å²) in [4.78, 5) is 4.44. The van der Waals surface area contributed by atoms with E-state index in [1.165, 1.54) is 12.1 Å². The molecular formula is C17H18ClN3O3. The molecule has 1 aromatic heterocycles. The van der Waals surface area contributed by atoms with Gasteiger partial charge in [-0.1, -0.05) is 11.6 Å². The van der Waals surface area contributed by atoms with Crippen LogP contribution >= 0.6 is 11.6 Å². The number of halogens is 1. The summed E-state index contributed by atoms with van der Waals surface area (Å²) in [6, 6.07) is 9.02. The number of aromatic nitrogens is 2. The third-order valence-electron chi connectivity index (χ3n) is 3.59. The van der Waals surface area contributed by atoms with Crippen molar-refractivity contribution in [2.45, 2.75) is 19.9 Å². The molecule has 0 unspecified atom stereocenters. The van der Waals surface area contributed by atoms with Gasteiger partial charge in [-0.25, -0.2) is 0 Å². The highest BCUT2D eigenvalue weighted by molar-refractivity contribution is 6.32. The number of rotatable bonds is 4. The molecule has 0 saturated carbocycles. The quantitative estimate of drug-likeness (QED) is 0.685. The van der Waals surface area contributed by atoms with Gasteiger partial charge >= 0.3 is 0 Å². The van der Waals surface area contributed by atoms with Crippen LogP contribution in [0.15, 0.2) is 30.3 Å². The first-order chi connectivity index (χ1) is 11.4. The second kappa shape index (κ2) is 6.13. The molecule has 3 rings (SSSR count). The predicted molar refractivity (Wildman–Crippen MR) is 94.3 cm³/mol. The Morgan fingerprint density at radius 3 is 2.62 bits per heavy atom. The van der Waals surface area contributed by atoms with E-state index >= 15 is 0 Å². The molecule has 0 spiro atoms. The number of nitrogens with zero attached hydrogens (tertiary/aromatic N) is 2. The van der Waals surface area contributed by atoms with Crippen LogP contribution in [-0.4, -0.2) is 21.8 Å². The SMILES string of the molecule is COc1nc2ccc(Oc3c(O)cc(N)cc3Cl)cc2n1C(C)C. The maximum atomic E-state index is 10.0. The Hall–Kier alpha value is -2.60. The Morgan fingerprint density at radius 1 is 1.25 bits per heavy atom. The van der Waals surface area contributed by atoms with Crippen LogP contribution in [0.5, 0.6) is 23.3 Å². The predicted octanol–water partition coefficient (Wildman–Crippen LogP) is 4.36. The van der Waals surface area contributed by atoms with Crippen LogP contribution in [0.3, 0.4) is 0 Å². The number of hydrogen-bond acceptors (Lipinski definition) is 5. The number of aromatic hydroxyl groups is 1. The van der Waals surface area contributed by atoms with Crippen molar-refractivity contribution < 1.29 is 14.6 Å². The van der Waals surface area contributed by atoms with Crippen LogP contribution in [0.25, 0.3) is 11.0 Å². The highest BCUT2D eigenvalue weighted by Crippen LogP contribution is 2.40. The van der Waals surface area contributed by atoms with Crippen LogP contribution in [0.1, 0.15) is 19.9 Å². The fourth-order valence-corrected chi connectivity index (χ4v) is 2.84. The molecule has 0 aliphatic heterocycles. The summed E-state index contributed by atoms with van der Waals surface area (Å²) in [5, 5.41) is 10.2. The number of anilines is 1. The van der Waals surface area contributed by atoms with Crippen LogP contribution in [0.4, 0.5) is 5.69 Å². The summed E-state index contributed by atoms with van der Waals surface area (Å²) < 4.78 is 13.1. The fourth-order valence-electron chi connectivity index (χ4n) is 2.58. The molecule has 126 valence electrons. The van der Waals surface area contributed by atoms with Crippen molar-refractivity contribution in [3.05, 3.63) is 35.4 Å². The largest absolute Gasteiger partial charge is 0.504 e. The van der Waals surface area contributed by atoms with E-state index < -0.39 is 0 Å². The number of phenolic OH excluding ortho intramolecular Hbond substituents is 1. The lowest BCUT2D eigenvalue weighted by atomic mass is 10.2. The zero-order chi connectivity index (χ0) is 17.4. The molecule has 1 heterocycles. The van der Waals surface area contributed by atoms with Gasteiger partial charge in [0.2, 0.25) is 0 Å². The number of imidazole rings is 1. The van der Waals surface area contributed by atoms with E-state index in [9.17, 15) is 5.11 Å². The third kappa shape index (κ3) is 2.80. The molecule has 0 aliphatic rings. The van der Waals surface area contributed by atoms with Gasteiger partial charge < -0.3 is 20.3 Å². The number of fused-ring (bicyclic) bond motifs is 1. The third-order valence-corrected chi connectivity index (χ3v) is 3.87. The maximum Gasteiger partial charge on any atom is 0.297 e. The lowest BCUT2D eigenvalue weighted by Crippen LogP contribution is -2.03. The number of ether oxygens (including phenoxy) is 2. The smallest absolute Gasteiger partial charge is 0.297 e. The zero-order valence-corrected chi connectivity index (χ0v) is 14.3. The molecule has 2 aromatic carbocycles. The molecule has 7 heteroatoms. The van der Waals surface area contributed by atoms with Crippen molar-refractivity contribution in [1.29, 1.82) is 0 Å². The lowest BCUT2D eigenvalue weighted by Gasteiger charge is -2.13. The zero-order valence-electron chi connectivity index (χ0n) is 13.6. The van der Waals surface area contributed by atoms with Gasteiger partial charge in [-0.3, -0.25) is 4.57 Å². The minimum absolute atomic E-state index is 0.116. The molecule has 0 aliphatic carbocycles. The van der Waals surface area contributed by atoms with Crippen molar-refractivity contribution in [1.82, 2.24) is 9.55 Å². The van der Waals surface area contributed by atoms with E-state index in [1.807, 2.05) is 30.5 Å². The van der Waals surface area contributed by atoms with Crippen molar-refractivity contribution in [3.63, 3.8) is 0 Å². The maximum absolute atomic E-state index is 10.0. The standard InChI is InChI=1S/C17H18ClN3O3/c1-9(2)21-14-8-11(4-5-13(14)20-17(21)23-3)24-16-12(18)6-10(19)7-15(16)22/h4-9,22H,19H2,1-3H3. The highest BCUT2D eigenvalue weighted by atomic mass is 35.5. The molecule has 3 aromatic rings. The second-order valence-electron chi connectivity index (χ2n) is 5.67. The van der Waals surface area contributed by atoms with Crippen molar-refractivity contribution >= 4 is 28.3 Å². The summed E-state index contributed by atoms with van der Waals surface area (Å²) >= 11 is 6.11. The fraction of sp³-hybridized carbons (Fsp3) is 0.235. The first-order valence-electron chi connectivity index (χ1n) is 7.42. The second-order valence-corrected chi connectivity index (χ2v) is 6.07. The number of phenols is 1. The normalized spacial score (nSPS) is 11.2. The topological polar surface area (TPSA) is 82.5 Å². The molecule has 0 atom stereocenters. The average Bonchev–Trinajstić information content (AvgIpc) is 2.88. The molecule has 0 fully saturated rings. The van der Waals surface area contributed by atoms with E-state index in [-0.39, 0.29) is 22.6 Å². The van der Waals surface area contributed by atoms with Gasteiger partial charge in [0, 0.05) is 23.9 Å². The molecule has 0 amide bonds. The highest BCUT2D eigenvalue weighted by Gasteiger charge is 2.16. The van der Waals surface area contributed by atoms with Crippen LogP contribution in [0.2, 0.25) is 5.02 Å². The number of nitrogen functional groups attached to an aromatic ring is 1. The van der Waals surface area contributed by atoms with Crippen LogP contribution in [0, 0.1) is 0 Å². The number of nitrogens with two attached hydrogens (primary N) is 1. The Balaban J connectivity index is 2.07. The van der Waals surface area contributed by atoms with E-state index in [0.29, 0.717) is 17.4 Å². The summed E-state index contributed by atoms with van der Waals surface area (Å²) in [5.74, 6) is 0.566. The number of methoxy groups -OCH3 is 1. The van der Waals surface area contributed by atoms with Crippen molar-refractivity contribution in [2.24, 2.45) is 0 Å². The Bertz CT molecular complexity index is 882. The van der Waals surface area contributed by atoms with Gasteiger partial charge in [-0.15, -0.1) is 0 Å². The Kier molecular flexibility index (Phi) is 4.15. The van der Waals surface area contributed by atoms with Gasteiger partial charge in [0.05, 0.1) is 23.2 Å². The monoisotopic (exact) mass is 347 g/mol. The molecular weight excluding hydrogens is 330 g/mol. The summed E-state index contributed by atoms with van der Waals surface area (Å²) in [5.41, 5.74) is 7.66. The van der Waals surface area contributed by atoms with E-state index in [4.69, 9.17) is 26.8 Å². The Labute approximate surface area is 144 Å². The average molecular weight is 348 g/mol. The number of benzene rings is 2. The molecule has 0 radical (unpaired) electrons. The first-order valence-corrected chi connectivity index (χ1v) is 7.80. The van der Waals surface area contributed by atoms with Crippen molar-refractivity contribution in [2.75, 3.05) is 12.8 Å². The van der Waals surface area contributed by atoms with Crippen LogP contribution in [-0.2, 0) is 0 Å². The minimum atomic E-state index is -0.116. The van der Waals surface area contributed by atoms with Gasteiger partial charge in [-0.2, -0.15) is 4.98 Å². The first kappa shape index (κ1) is 16.3. The van der Waals surface area contributed by atoms with E-state index in [0.717, 1.165) is 11.0 Å². The van der Waals surface area contributed by atoms with Gasteiger partial charge in [0.15, 0.2) is 11.5 Å². The molecule has 0 saturated heterocycles. The summed E-state index contributed by atoms with van der Waals surface area (Å²) in [7, 11) is 1.59. The van der Waals surface area contributed by atoms with Gasteiger partial charge in [0.1, 0.15) is 5.75 Å².